The molecule has 1 aromatic rings. The van der Waals surface area contributed by atoms with Crippen LogP contribution in [0.4, 0.5) is 0 Å². The van der Waals surface area contributed by atoms with Gasteiger partial charge in [-0.25, -0.2) is 0 Å². The van der Waals surface area contributed by atoms with Crippen LogP contribution in [0.25, 0.3) is 0 Å². The minimum absolute atomic E-state index is 0.273. The normalized spacial score (nSPS) is 22.7. The van der Waals surface area contributed by atoms with Gasteiger partial charge in [-0.15, -0.1) is 0 Å². The molecule has 29 heavy (non-hydrogen) atoms. The highest BCUT2D eigenvalue weighted by Crippen LogP contribution is 2.38. The number of aryl methyl sites for hydroxylation is 2. The Hall–Kier alpha value is -1.55. The van der Waals surface area contributed by atoms with Crippen molar-refractivity contribution in [1.82, 2.24) is 9.80 Å². The number of piperidine rings is 1. The van der Waals surface area contributed by atoms with E-state index in [4.69, 9.17) is 4.74 Å². The zero-order chi connectivity index (χ0) is 20.3. The van der Waals surface area contributed by atoms with Crippen molar-refractivity contribution in [2.24, 2.45) is 5.41 Å². The fraction of sp³-hybridized carbons (Fsp3) is 0.720. The number of nitrogens with zero attached hydrogens (tertiary/aromatic N) is 2. The van der Waals surface area contributed by atoms with E-state index in [-0.39, 0.29) is 5.91 Å². The highest BCUT2D eigenvalue weighted by molar-refractivity contribution is 5.78. The number of benzene rings is 1. The van der Waals surface area contributed by atoms with Gasteiger partial charge in [0.05, 0.1) is 6.54 Å². The second-order valence-corrected chi connectivity index (χ2v) is 9.85. The first-order valence-electron chi connectivity index (χ1n) is 11.8. The van der Waals surface area contributed by atoms with Crippen LogP contribution in [-0.2, 0) is 11.2 Å². The summed E-state index contributed by atoms with van der Waals surface area (Å²) in [6, 6.07) is 7.39. The molecule has 1 saturated carbocycles. The number of rotatable bonds is 8. The lowest BCUT2D eigenvalue weighted by Gasteiger charge is -2.45. The summed E-state index contributed by atoms with van der Waals surface area (Å²) in [4.78, 5) is 16.4. The van der Waals surface area contributed by atoms with Gasteiger partial charge in [0, 0.05) is 19.0 Å². The molecule has 0 unspecified atom stereocenters. The second kappa shape index (κ2) is 9.07. The smallest absolute Gasteiger partial charge is 0.222 e. The molecule has 3 aliphatic rings. The molecule has 2 saturated heterocycles. The molecule has 4 heteroatoms. The largest absolute Gasteiger partial charge is 0.492 e. The predicted octanol–water partition coefficient (Wildman–Crippen LogP) is 4.58. The van der Waals surface area contributed by atoms with Crippen molar-refractivity contribution in [1.29, 1.82) is 0 Å². The summed E-state index contributed by atoms with van der Waals surface area (Å²) in [5.74, 6) is 1.22. The van der Waals surface area contributed by atoms with Gasteiger partial charge in [0.1, 0.15) is 12.4 Å². The van der Waals surface area contributed by atoms with Gasteiger partial charge in [0.15, 0.2) is 0 Å². The molecule has 4 rings (SSSR count). The summed E-state index contributed by atoms with van der Waals surface area (Å²) < 4.78 is 5.99. The van der Waals surface area contributed by atoms with Gasteiger partial charge in [-0.2, -0.15) is 0 Å². The minimum Gasteiger partial charge on any atom is -0.492 e. The van der Waals surface area contributed by atoms with Crippen LogP contribution in [0.1, 0.15) is 69.4 Å². The number of likely N-dealkylation sites (tertiary alicyclic amines) is 2. The number of hydrogen-bond donors (Lipinski definition) is 0. The summed E-state index contributed by atoms with van der Waals surface area (Å²) in [5, 5.41) is 0. The fourth-order valence-corrected chi connectivity index (χ4v) is 5.09. The SMILES string of the molecule is Cc1ccc(OCCN2CCCC2=O)cc1CCC1(C)CCN(C2CCC2)CC1. The van der Waals surface area contributed by atoms with E-state index in [2.05, 4.69) is 36.9 Å². The molecule has 2 aliphatic heterocycles. The molecule has 0 radical (unpaired) electrons. The third-order valence-electron chi connectivity index (χ3n) is 7.72. The lowest BCUT2D eigenvalue weighted by Crippen LogP contribution is -2.47. The standard InChI is InChI=1S/C25H38N2O2/c1-20-8-9-23(29-18-17-27-14-4-7-24(27)28)19-21(20)10-11-25(2)12-15-26(16-13-25)22-5-3-6-22/h8-9,19,22H,3-7,10-18H2,1-2H3. The van der Waals surface area contributed by atoms with Crippen molar-refractivity contribution >= 4 is 5.91 Å². The zero-order valence-corrected chi connectivity index (χ0v) is 18.4. The van der Waals surface area contributed by atoms with E-state index >= 15 is 0 Å². The van der Waals surface area contributed by atoms with Gasteiger partial charge in [0.2, 0.25) is 5.91 Å². The first-order chi connectivity index (χ1) is 14.0. The van der Waals surface area contributed by atoms with E-state index in [1.165, 1.54) is 62.7 Å². The molecule has 2 heterocycles. The molecule has 160 valence electrons. The van der Waals surface area contributed by atoms with Crippen LogP contribution in [-0.4, -0.2) is 54.5 Å². The van der Waals surface area contributed by atoms with E-state index in [0.717, 1.165) is 31.2 Å². The summed E-state index contributed by atoms with van der Waals surface area (Å²) in [6.07, 6.45) is 11.0. The quantitative estimate of drug-likeness (QED) is 0.642. The molecule has 1 aliphatic carbocycles. The maximum atomic E-state index is 11.7. The Balaban J connectivity index is 1.26. The number of ether oxygens (including phenoxy) is 1. The summed E-state index contributed by atoms with van der Waals surface area (Å²) in [7, 11) is 0. The van der Waals surface area contributed by atoms with Gasteiger partial charge in [-0.1, -0.05) is 19.4 Å². The highest BCUT2D eigenvalue weighted by Gasteiger charge is 2.34. The van der Waals surface area contributed by atoms with Crippen molar-refractivity contribution in [3.63, 3.8) is 0 Å². The molecule has 3 fully saturated rings. The predicted molar refractivity (Wildman–Crippen MR) is 117 cm³/mol. The van der Waals surface area contributed by atoms with Crippen molar-refractivity contribution in [2.75, 3.05) is 32.8 Å². The Morgan fingerprint density at radius 2 is 1.93 bits per heavy atom. The molecule has 4 nitrogen and oxygen atoms in total. The number of hydrogen-bond acceptors (Lipinski definition) is 3. The Morgan fingerprint density at radius 1 is 1.14 bits per heavy atom. The van der Waals surface area contributed by atoms with Gasteiger partial charge in [0.25, 0.3) is 0 Å². The van der Waals surface area contributed by atoms with E-state index < -0.39 is 0 Å². The van der Waals surface area contributed by atoms with E-state index in [1.54, 1.807) is 0 Å². The molecule has 0 bridgehead atoms. The molecular weight excluding hydrogens is 360 g/mol. The summed E-state index contributed by atoms with van der Waals surface area (Å²) in [6.45, 7) is 9.47. The molecule has 0 spiro atoms. The fourth-order valence-electron chi connectivity index (χ4n) is 5.09. The zero-order valence-electron chi connectivity index (χ0n) is 18.4. The Morgan fingerprint density at radius 3 is 2.59 bits per heavy atom. The van der Waals surface area contributed by atoms with Crippen molar-refractivity contribution < 1.29 is 9.53 Å². The first-order valence-corrected chi connectivity index (χ1v) is 11.8. The number of amides is 1. The van der Waals surface area contributed by atoms with E-state index in [9.17, 15) is 4.79 Å². The second-order valence-electron chi connectivity index (χ2n) is 9.85. The van der Waals surface area contributed by atoms with Crippen LogP contribution in [0.15, 0.2) is 18.2 Å². The molecular formula is C25H38N2O2. The first kappa shape index (κ1) is 20.7. The topological polar surface area (TPSA) is 32.8 Å². The van der Waals surface area contributed by atoms with Crippen molar-refractivity contribution in [3.05, 3.63) is 29.3 Å². The van der Waals surface area contributed by atoms with Crippen molar-refractivity contribution in [2.45, 2.75) is 77.7 Å². The Kier molecular flexibility index (Phi) is 6.48. The molecule has 0 aromatic heterocycles. The van der Waals surface area contributed by atoms with Crippen LogP contribution in [0.5, 0.6) is 5.75 Å². The lowest BCUT2D eigenvalue weighted by molar-refractivity contribution is -0.128. The highest BCUT2D eigenvalue weighted by atomic mass is 16.5. The van der Waals surface area contributed by atoms with Crippen LogP contribution >= 0.6 is 0 Å². The Bertz CT molecular complexity index is 705. The lowest BCUT2D eigenvalue weighted by atomic mass is 9.74. The molecule has 1 amide bonds. The van der Waals surface area contributed by atoms with Crippen LogP contribution in [0, 0.1) is 12.3 Å². The van der Waals surface area contributed by atoms with Gasteiger partial charge in [-0.3, -0.25) is 4.79 Å². The van der Waals surface area contributed by atoms with E-state index in [0.29, 0.717) is 25.0 Å². The minimum atomic E-state index is 0.273. The molecule has 0 atom stereocenters. The van der Waals surface area contributed by atoms with Crippen molar-refractivity contribution in [3.8, 4) is 5.75 Å². The molecule has 1 aromatic carbocycles. The van der Waals surface area contributed by atoms with Gasteiger partial charge in [-0.05, 0) is 93.6 Å². The van der Waals surface area contributed by atoms with E-state index in [1.807, 2.05) is 4.90 Å². The number of carbonyl (C=O) groups excluding carboxylic acids is 1. The maximum absolute atomic E-state index is 11.7. The summed E-state index contributed by atoms with van der Waals surface area (Å²) >= 11 is 0. The average Bonchev–Trinajstić information content (AvgIpc) is 3.08. The Labute approximate surface area is 176 Å². The maximum Gasteiger partial charge on any atom is 0.222 e. The van der Waals surface area contributed by atoms with Crippen LogP contribution in [0.3, 0.4) is 0 Å². The summed E-state index contributed by atoms with van der Waals surface area (Å²) in [5.41, 5.74) is 3.25. The number of carbonyl (C=O) groups is 1. The third-order valence-corrected chi connectivity index (χ3v) is 7.72. The third kappa shape index (κ3) is 5.14. The van der Waals surface area contributed by atoms with Crippen LogP contribution < -0.4 is 4.74 Å². The van der Waals surface area contributed by atoms with Crippen LogP contribution in [0.2, 0.25) is 0 Å². The average molecular weight is 399 g/mol. The van der Waals surface area contributed by atoms with Gasteiger partial charge >= 0.3 is 0 Å². The monoisotopic (exact) mass is 398 g/mol. The van der Waals surface area contributed by atoms with Gasteiger partial charge < -0.3 is 14.5 Å². The molecule has 0 N–H and O–H groups in total.